The number of fused-ring (bicyclic) bond motifs is 1. The van der Waals surface area contributed by atoms with E-state index in [1.165, 1.54) is 7.11 Å². The zero-order valence-electron chi connectivity index (χ0n) is 13.9. The molecule has 6 nitrogen and oxygen atoms in total. The van der Waals surface area contributed by atoms with Gasteiger partial charge in [-0.3, -0.25) is 0 Å². The van der Waals surface area contributed by atoms with Gasteiger partial charge in [-0.05, 0) is 19.4 Å². The second-order valence-electron chi connectivity index (χ2n) is 6.31. The van der Waals surface area contributed by atoms with Crippen molar-refractivity contribution in [3.63, 3.8) is 0 Å². The second-order valence-corrected chi connectivity index (χ2v) is 6.88. The minimum atomic E-state index is -1.73. The molecule has 1 aromatic carbocycles. The third-order valence-corrected chi connectivity index (χ3v) is 4.50. The molecule has 0 aromatic heterocycles. The third-order valence-electron chi connectivity index (χ3n) is 4.04. The van der Waals surface area contributed by atoms with Crippen molar-refractivity contribution in [3.05, 3.63) is 35.9 Å². The van der Waals surface area contributed by atoms with Crippen LogP contribution in [0.5, 0.6) is 0 Å². The Hall–Kier alpha value is -1.18. The SMILES string of the molecule is COC(=O)[C@]1(Cl)O[C@H](COCc2ccccc2)[C@H]2OC(C)(C)O[C@H]21. The number of carbonyl (C=O) groups is 1. The number of alkyl halides is 1. The van der Waals surface area contributed by atoms with E-state index in [4.69, 9.17) is 35.3 Å². The number of esters is 1. The highest BCUT2D eigenvalue weighted by atomic mass is 35.5. The first-order valence-corrected chi connectivity index (χ1v) is 8.16. The predicted molar refractivity (Wildman–Crippen MR) is 85.4 cm³/mol. The van der Waals surface area contributed by atoms with E-state index in [0.717, 1.165) is 5.56 Å². The number of rotatable bonds is 5. The average Bonchev–Trinajstić information content (AvgIpc) is 3.01. The van der Waals surface area contributed by atoms with Crippen molar-refractivity contribution >= 4 is 17.6 Å². The van der Waals surface area contributed by atoms with Gasteiger partial charge in [0.25, 0.3) is 5.06 Å². The first-order chi connectivity index (χ1) is 11.4. The second kappa shape index (κ2) is 6.61. The van der Waals surface area contributed by atoms with Crippen LogP contribution >= 0.6 is 11.6 Å². The Morgan fingerprint density at radius 3 is 2.58 bits per heavy atom. The normalized spacial score (nSPS) is 34.1. The fraction of sp³-hybridized carbons (Fsp3) is 0.588. The fourth-order valence-electron chi connectivity index (χ4n) is 3.00. The Labute approximate surface area is 145 Å². The molecule has 7 heteroatoms. The lowest BCUT2D eigenvalue weighted by atomic mass is 10.1. The Kier molecular flexibility index (Phi) is 4.86. The van der Waals surface area contributed by atoms with Crippen LogP contribution in [-0.4, -0.2) is 48.8 Å². The summed E-state index contributed by atoms with van der Waals surface area (Å²) in [6.45, 7) is 4.18. The Balaban J connectivity index is 1.68. The standard InChI is InChI=1S/C17H21ClO6/c1-16(2)23-13-12(10-21-9-11-7-5-4-6-8-11)22-17(18,14(13)24-16)15(19)20-3/h4-8,12-14H,9-10H2,1-3H3/t12-,13-,14-,17-/m1/s1. The summed E-state index contributed by atoms with van der Waals surface area (Å²) in [5.41, 5.74) is 1.04. The predicted octanol–water partition coefficient (Wildman–Crippen LogP) is 2.23. The van der Waals surface area contributed by atoms with Gasteiger partial charge in [0.1, 0.15) is 18.3 Å². The van der Waals surface area contributed by atoms with Crippen molar-refractivity contribution in [3.8, 4) is 0 Å². The van der Waals surface area contributed by atoms with Crippen LogP contribution in [0.15, 0.2) is 30.3 Å². The molecule has 2 aliphatic rings. The van der Waals surface area contributed by atoms with Crippen molar-refractivity contribution in [2.45, 2.75) is 49.6 Å². The molecule has 24 heavy (non-hydrogen) atoms. The highest BCUT2D eigenvalue weighted by molar-refractivity contribution is 6.33. The van der Waals surface area contributed by atoms with E-state index < -0.39 is 35.1 Å². The van der Waals surface area contributed by atoms with Gasteiger partial charge in [0, 0.05) is 0 Å². The fourth-order valence-corrected chi connectivity index (χ4v) is 3.36. The number of ether oxygens (including phenoxy) is 5. The molecule has 2 heterocycles. The Morgan fingerprint density at radius 1 is 1.21 bits per heavy atom. The van der Waals surface area contributed by atoms with E-state index in [1.54, 1.807) is 13.8 Å². The van der Waals surface area contributed by atoms with E-state index in [1.807, 2.05) is 30.3 Å². The summed E-state index contributed by atoms with van der Waals surface area (Å²) in [5.74, 6) is -1.56. The smallest absolute Gasteiger partial charge is 0.357 e. The quantitative estimate of drug-likeness (QED) is 0.595. The minimum Gasteiger partial charge on any atom is -0.466 e. The summed E-state index contributed by atoms with van der Waals surface area (Å²) in [4.78, 5) is 12.1. The molecule has 0 spiro atoms. The van der Waals surface area contributed by atoms with E-state index in [9.17, 15) is 4.79 Å². The molecule has 2 fully saturated rings. The zero-order valence-corrected chi connectivity index (χ0v) is 14.6. The number of hydrogen-bond donors (Lipinski definition) is 0. The van der Waals surface area contributed by atoms with Crippen LogP contribution in [0.3, 0.4) is 0 Å². The molecule has 0 amide bonds. The summed E-state index contributed by atoms with van der Waals surface area (Å²) in [6, 6.07) is 9.77. The van der Waals surface area contributed by atoms with Crippen molar-refractivity contribution in [1.29, 1.82) is 0 Å². The number of carbonyl (C=O) groups excluding carboxylic acids is 1. The molecule has 0 bridgehead atoms. The first kappa shape index (κ1) is 17.6. The maximum absolute atomic E-state index is 12.1. The number of halogens is 1. The Bertz CT molecular complexity index is 592. The minimum absolute atomic E-state index is 0.223. The molecule has 2 saturated heterocycles. The average molecular weight is 357 g/mol. The van der Waals surface area contributed by atoms with E-state index in [0.29, 0.717) is 6.61 Å². The van der Waals surface area contributed by atoms with Crippen LogP contribution in [0.25, 0.3) is 0 Å². The van der Waals surface area contributed by atoms with Crippen LogP contribution < -0.4 is 0 Å². The lowest BCUT2D eigenvalue weighted by Gasteiger charge is -2.27. The van der Waals surface area contributed by atoms with E-state index in [2.05, 4.69) is 0 Å². The molecular formula is C17H21ClO6. The number of benzene rings is 1. The molecule has 4 atom stereocenters. The van der Waals surface area contributed by atoms with Gasteiger partial charge < -0.3 is 23.7 Å². The summed E-state index contributed by atoms with van der Waals surface area (Å²) in [5, 5.41) is -1.73. The zero-order chi connectivity index (χ0) is 17.4. The molecule has 3 rings (SSSR count). The molecule has 0 N–H and O–H groups in total. The lowest BCUT2D eigenvalue weighted by molar-refractivity contribution is -0.207. The van der Waals surface area contributed by atoms with Crippen molar-refractivity contribution < 1.29 is 28.5 Å². The highest BCUT2D eigenvalue weighted by Crippen LogP contribution is 2.46. The largest absolute Gasteiger partial charge is 0.466 e. The monoisotopic (exact) mass is 356 g/mol. The molecule has 1 aromatic rings. The van der Waals surface area contributed by atoms with Crippen LogP contribution in [0, 0.1) is 0 Å². The molecule has 132 valence electrons. The third kappa shape index (κ3) is 3.30. The summed E-state index contributed by atoms with van der Waals surface area (Å²) < 4.78 is 27.8. The molecule has 0 unspecified atom stereocenters. The van der Waals surface area contributed by atoms with Gasteiger partial charge in [0.2, 0.25) is 0 Å². The number of methoxy groups -OCH3 is 1. The van der Waals surface area contributed by atoms with Crippen LogP contribution in [0.1, 0.15) is 19.4 Å². The molecule has 0 saturated carbocycles. The van der Waals surface area contributed by atoms with Gasteiger partial charge in [-0.15, -0.1) is 0 Å². The van der Waals surface area contributed by atoms with Gasteiger partial charge in [0.15, 0.2) is 5.79 Å². The van der Waals surface area contributed by atoms with Gasteiger partial charge in [-0.1, -0.05) is 41.9 Å². The summed E-state index contributed by atoms with van der Waals surface area (Å²) in [6.07, 6.45) is -1.79. The maximum atomic E-state index is 12.1. The maximum Gasteiger partial charge on any atom is 0.357 e. The molecule has 0 radical (unpaired) electrons. The van der Waals surface area contributed by atoms with Crippen molar-refractivity contribution in [1.82, 2.24) is 0 Å². The van der Waals surface area contributed by atoms with Gasteiger partial charge in [0.05, 0.1) is 20.3 Å². The molecule has 0 aliphatic carbocycles. The van der Waals surface area contributed by atoms with Crippen LogP contribution in [0.4, 0.5) is 0 Å². The summed E-state index contributed by atoms with van der Waals surface area (Å²) in [7, 11) is 1.25. The number of hydrogen-bond acceptors (Lipinski definition) is 6. The van der Waals surface area contributed by atoms with Gasteiger partial charge >= 0.3 is 5.97 Å². The van der Waals surface area contributed by atoms with E-state index in [-0.39, 0.29) is 6.61 Å². The van der Waals surface area contributed by atoms with Gasteiger partial charge in [-0.2, -0.15) is 0 Å². The van der Waals surface area contributed by atoms with Crippen LogP contribution in [0.2, 0.25) is 0 Å². The van der Waals surface area contributed by atoms with Crippen molar-refractivity contribution in [2.24, 2.45) is 0 Å². The lowest BCUT2D eigenvalue weighted by Crippen LogP contribution is -2.45. The van der Waals surface area contributed by atoms with Crippen molar-refractivity contribution in [2.75, 3.05) is 13.7 Å². The highest BCUT2D eigenvalue weighted by Gasteiger charge is 2.66. The first-order valence-electron chi connectivity index (χ1n) is 7.78. The molecule has 2 aliphatic heterocycles. The van der Waals surface area contributed by atoms with E-state index >= 15 is 0 Å². The van der Waals surface area contributed by atoms with Gasteiger partial charge in [-0.25, -0.2) is 4.79 Å². The van der Waals surface area contributed by atoms with Crippen LogP contribution in [-0.2, 0) is 35.1 Å². The summed E-state index contributed by atoms with van der Waals surface area (Å²) >= 11 is 6.38. The topological polar surface area (TPSA) is 63.2 Å². The molecular weight excluding hydrogens is 336 g/mol. The Morgan fingerprint density at radius 2 is 1.92 bits per heavy atom.